The fourth-order valence-electron chi connectivity index (χ4n) is 1.91. The van der Waals surface area contributed by atoms with Gasteiger partial charge in [0.25, 0.3) is 0 Å². The van der Waals surface area contributed by atoms with Crippen molar-refractivity contribution in [3.05, 3.63) is 0 Å². The molecule has 0 aromatic heterocycles. The van der Waals surface area contributed by atoms with E-state index in [-0.39, 0.29) is 0 Å². The summed E-state index contributed by atoms with van der Waals surface area (Å²) in [4.78, 5) is 16.0. The summed E-state index contributed by atoms with van der Waals surface area (Å²) in [6.07, 6.45) is 2.71. The van der Waals surface area contributed by atoms with E-state index in [1.54, 1.807) is 0 Å². The minimum atomic E-state index is 0.316. The molecule has 0 bridgehead atoms. The first-order chi connectivity index (χ1) is 7.27. The molecule has 0 aromatic rings. The highest BCUT2D eigenvalue weighted by molar-refractivity contribution is 5.76. The second kappa shape index (κ2) is 6.80. The molecule has 88 valence electrons. The van der Waals surface area contributed by atoms with E-state index in [0.29, 0.717) is 12.3 Å². The van der Waals surface area contributed by atoms with Crippen LogP contribution in [0.5, 0.6) is 0 Å². The van der Waals surface area contributed by atoms with Crippen LogP contribution in [-0.2, 0) is 4.79 Å². The quantitative estimate of drug-likeness (QED) is 0.713. The third kappa shape index (κ3) is 4.18. The molecule has 1 amide bonds. The van der Waals surface area contributed by atoms with Crippen molar-refractivity contribution < 1.29 is 4.79 Å². The number of rotatable bonds is 5. The molecule has 1 aliphatic rings. The average Bonchev–Trinajstić information content (AvgIpc) is 2.27. The molecule has 2 N–H and O–H groups in total. The van der Waals surface area contributed by atoms with Gasteiger partial charge in [-0.15, -0.1) is 0 Å². The van der Waals surface area contributed by atoms with Crippen molar-refractivity contribution in [3.63, 3.8) is 0 Å². The Morgan fingerprint density at radius 2 is 1.93 bits per heavy atom. The number of carbonyl (C=O) groups excluding carboxylic acids is 1. The summed E-state index contributed by atoms with van der Waals surface area (Å²) in [7, 11) is 0. The van der Waals surface area contributed by atoms with Gasteiger partial charge in [0.15, 0.2) is 0 Å². The Labute approximate surface area is 92.4 Å². The van der Waals surface area contributed by atoms with Crippen LogP contribution in [0.15, 0.2) is 0 Å². The maximum atomic E-state index is 11.6. The second-order valence-corrected chi connectivity index (χ2v) is 4.11. The number of hydrogen-bond acceptors (Lipinski definition) is 3. The Kier molecular flexibility index (Phi) is 5.65. The van der Waals surface area contributed by atoms with E-state index in [0.717, 1.165) is 52.1 Å². The van der Waals surface area contributed by atoms with Crippen LogP contribution < -0.4 is 5.73 Å². The van der Waals surface area contributed by atoms with Crippen molar-refractivity contribution >= 4 is 5.91 Å². The Bertz CT molecular complexity index is 188. The molecule has 1 saturated heterocycles. The number of amides is 1. The maximum Gasteiger partial charge on any atom is 0.222 e. The van der Waals surface area contributed by atoms with Gasteiger partial charge in [-0.1, -0.05) is 6.92 Å². The molecule has 0 saturated carbocycles. The third-order valence-electron chi connectivity index (χ3n) is 2.87. The van der Waals surface area contributed by atoms with Gasteiger partial charge in [0, 0.05) is 32.6 Å². The van der Waals surface area contributed by atoms with Gasteiger partial charge < -0.3 is 10.6 Å². The highest BCUT2D eigenvalue weighted by atomic mass is 16.2. The second-order valence-electron chi connectivity index (χ2n) is 4.11. The number of nitrogens with two attached hydrogens (primary N) is 1. The van der Waals surface area contributed by atoms with Gasteiger partial charge in [-0.3, -0.25) is 9.69 Å². The topological polar surface area (TPSA) is 49.6 Å². The summed E-state index contributed by atoms with van der Waals surface area (Å²) in [6, 6.07) is 0. The number of hydrogen-bond donors (Lipinski definition) is 1. The summed E-state index contributed by atoms with van der Waals surface area (Å²) in [5.41, 5.74) is 5.47. The van der Waals surface area contributed by atoms with Gasteiger partial charge in [0.2, 0.25) is 5.91 Å². The molecule has 0 aromatic carbocycles. The minimum Gasteiger partial charge on any atom is -0.340 e. The summed E-state index contributed by atoms with van der Waals surface area (Å²) < 4.78 is 0. The maximum absolute atomic E-state index is 11.6. The molecule has 1 fully saturated rings. The molecule has 0 aliphatic carbocycles. The molecule has 15 heavy (non-hydrogen) atoms. The standard InChI is InChI=1S/C11H23N3O/c1-2-4-11(15)14-9-7-13(8-10-14)6-3-5-12/h2-10,12H2,1H3. The van der Waals surface area contributed by atoms with Crippen LogP contribution in [0.4, 0.5) is 0 Å². The Morgan fingerprint density at radius 3 is 2.47 bits per heavy atom. The van der Waals surface area contributed by atoms with Crippen LogP contribution in [0.3, 0.4) is 0 Å². The van der Waals surface area contributed by atoms with Gasteiger partial charge in [-0.05, 0) is 25.9 Å². The predicted octanol–water partition coefficient (Wildman–Crippen LogP) is 0.280. The van der Waals surface area contributed by atoms with Crippen molar-refractivity contribution in [2.75, 3.05) is 39.3 Å². The first-order valence-corrected chi connectivity index (χ1v) is 5.98. The molecule has 0 unspecified atom stereocenters. The largest absolute Gasteiger partial charge is 0.340 e. The van der Waals surface area contributed by atoms with E-state index in [1.807, 2.05) is 4.90 Å². The van der Waals surface area contributed by atoms with Gasteiger partial charge in [0.1, 0.15) is 0 Å². The lowest BCUT2D eigenvalue weighted by Crippen LogP contribution is -2.48. The molecule has 1 heterocycles. The van der Waals surface area contributed by atoms with Crippen LogP contribution in [0.2, 0.25) is 0 Å². The van der Waals surface area contributed by atoms with Crippen LogP contribution in [0.25, 0.3) is 0 Å². The van der Waals surface area contributed by atoms with E-state index in [4.69, 9.17) is 5.73 Å². The monoisotopic (exact) mass is 213 g/mol. The van der Waals surface area contributed by atoms with E-state index in [9.17, 15) is 4.79 Å². The number of nitrogens with zero attached hydrogens (tertiary/aromatic N) is 2. The molecule has 0 atom stereocenters. The van der Waals surface area contributed by atoms with Crippen LogP contribution in [0, 0.1) is 0 Å². The Balaban J connectivity index is 2.20. The predicted molar refractivity (Wildman–Crippen MR) is 61.6 cm³/mol. The lowest BCUT2D eigenvalue weighted by molar-refractivity contribution is -0.132. The zero-order valence-corrected chi connectivity index (χ0v) is 9.74. The van der Waals surface area contributed by atoms with Crippen LogP contribution in [0.1, 0.15) is 26.2 Å². The smallest absolute Gasteiger partial charge is 0.222 e. The van der Waals surface area contributed by atoms with Crippen molar-refractivity contribution in [1.29, 1.82) is 0 Å². The molecule has 0 spiro atoms. The van der Waals surface area contributed by atoms with E-state index < -0.39 is 0 Å². The third-order valence-corrected chi connectivity index (χ3v) is 2.87. The Morgan fingerprint density at radius 1 is 1.27 bits per heavy atom. The fraction of sp³-hybridized carbons (Fsp3) is 0.909. The molecule has 1 aliphatic heterocycles. The van der Waals surface area contributed by atoms with Crippen molar-refractivity contribution in [2.45, 2.75) is 26.2 Å². The van der Waals surface area contributed by atoms with Gasteiger partial charge in [0.05, 0.1) is 0 Å². The molecule has 0 radical (unpaired) electrons. The zero-order valence-electron chi connectivity index (χ0n) is 9.74. The summed E-state index contributed by atoms with van der Waals surface area (Å²) >= 11 is 0. The summed E-state index contributed by atoms with van der Waals surface area (Å²) in [5, 5.41) is 0. The lowest BCUT2D eigenvalue weighted by Gasteiger charge is -2.34. The number of carbonyl (C=O) groups is 1. The van der Waals surface area contributed by atoms with Crippen LogP contribution in [-0.4, -0.2) is 55.0 Å². The first-order valence-electron chi connectivity index (χ1n) is 5.98. The first kappa shape index (κ1) is 12.5. The van der Waals surface area contributed by atoms with E-state index in [2.05, 4.69) is 11.8 Å². The number of piperazine rings is 1. The molecule has 4 nitrogen and oxygen atoms in total. The summed E-state index contributed by atoms with van der Waals surface area (Å²) in [5.74, 6) is 0.316. The Hall–Kier alpha value is -0.610. The van der Waals surface area contributed by atoms with Gasteiger partial charge >= 0.3 is 0 Å². The zero-order chi connectivity index (χ0) is 11.1. The molecule has 1 rings (SSSR count). The highest BCUT2D eigenvalue weighted by Gasteiger charge is 2.19. The van der Waals surface area contributed by atoms with Gasteiger partial charge in [-0.2, -0.15) is 0 Å². The van der Waals surface area contributed by atoms with E-state index in [1.165, 1.54) is 0 Å². The molecule has 4 heteroatoms. The van der Waals surface area contributed by atoms with Gasteiger partial charge in [-0.25, -0.2) is 0 Å². The van der Waals surface area contributed by atoms with Crippen molar-refractivity contribution in [3.8, 4) is 0 Å². The molecular weight excluding hydrogens is 190 g/mol. The van der Waals surface area contributed by atoms with Crippen LogP contribution >= 0.6 is 0 Å². The minimum absolute atomic E-state index is 0.316. The lowest BCUT2D eigenvalue weighted by atomic mass is 10.2. The molecular formula is C11H23N3O. The average molecular weight is 213 g/mol. The SMILES string of the molecule is CCCC(=O)N1CCN(CCCN)CC1. The highest BCUT2D eigenvalue weighted by Crippen LogP contribution is 2.05. The normalized spacial score (nSPS) is 18.1. The summed E-state index contributed by atoms with van der Waals surface area (Å²) in [6.45, 7) is 7.69. The van der Waals surface area contributed by atoms with Crippen molar-refractivity contribution in [2.24, 2.45) is 5.73 Å². The van der Waals surface area contributed by atoms with Crippen molar-refractivity contribution in [1.82, 2.24) is 9.80 Å². The van der Waals surface area contributed by atoms with E-state index >= 15 is 0 Å². The fourth-order valence-corrected chi connectivity index (χ4v) is 1.91.